The Balaban J connectivity index is 1.48. The first-order chi connectivity index (χ1) is 15.5. The molecule has 1 atom stereocenters. The van der Waals surface area contributed by atoms with Crippen LogP contribution < -0.4 is 4.31 Å². The second-order valence-electron chi connectivity index (χ2n) is 8.19. The maximum absolute atomic E-state index is 12.8. The Morgan fingerprint density at radius 2 is 1.78 bits per heavy atom. The van der Waals surface area contributed by atoms with E-state index in [2.05, 4.69) is 38.5 Å². The van der Waals surface area contributed by atoms with Gasteiger partial charge in [-0.15, -0.1) is 0 Å². The molecule has 0 N–H and O–H groups in total. The van der Waals surface area contributed by atoms with Crippen LogP contribution in [0.25, 0.3) is 0 Å². The maximum Gasteiger partial charge on any atom is 0.278 e. The fourth-order valence-corrected chi connectivity index (χ4v) is 6.05. The molecule has 8 heteroatoms. The summed E-state index contributed by atoms with van der Waals surface area (Å²) in [7, 11) is -0.232. The fraction of sp³-hybridized carbons (Fsp3) is 0.333. The number of para-hydroxylation sites is 1. The van der Waals surface area contributed by atoms with Crippen LogP contribution in [0.1, 0.15) is 30.4 Å². The first-order valence-electron chi connectivity index (χ1n) is 10.8. The number of anilines is 1. The minimum Gasteiger partial charge on any atom is -0.318 e. The second kappa shape index (κ2) is 10.2. The van der Waals surface area contributed by atoms with Crippen molar-refractivity contribution in [1.82, 2.24) is 0 Å². The minimum absolute atomic E-state index is 0.0981. The predicted molar refractivity (Wildman–Crippen MR) is 132 cm³/mol. The number of alkyl halides is 2. The molecule has 164 valence electrons. The van der Waals surface area contributed by atoms with Gasteiger partial charge >= 0.3 is 0 Å². The topological polar surface area (TPSA) is 51.8 Å². The molecule has 2 aliphatic rings. The van der Waals surface area contributed by atoms with Crippen LogP contribution >= 0.6 is 10.7 Å². The largest absolute Gasteiger partial charge is 0.318 e. The fourth-order valence-electron chi connectivity index (χ4n) is 4.16. The molecule has 1 unspecified atom stereocenters. The van der Waals surface area contributed by atoms with Crippen LogP contribution in [-0.4, -0.2) is 35.7 Å². The number of hydrogen-bond acceptors (Lipinski definition) is 4. The summed E-state index contributed by atoms with van der Waals surface area (Å²) in [6, 6.07) is 18.2. The van der Waals surface area contributed by atoms with Crippen molar-refractivity contribution in [3.05, 3.63) is 65.7 Å². The molecule has 0 amide bonds. The summed E-state index contributed by atoms with van der Waals surface area (Å²) in [5, 5.41) is 17.2. The molecule has 4 nitrogen and oxygen atoms in total. The third-order valence-corrected chi connectivity index (χ3v) is 8.23. The summed E-state index contributed by atoms with van der Waals surface area (Å²) < 4.78 is 28.0. The lowest BCUT2D eigenvalue weighted by atomic mass is 9.43. The van der Waals surface area contributed by atoms with Gasteiger partial charge in [0.2, 0.25) is 0 Å². The van der Waals surface area contributed by atoms with Gasteiger partial charge in [-0.1, -0.05) is 71.6 Å². The van der Waals surface area contributed by atoms with Gasteiger partial charge in [0.05, 0.1) is 12.3 Å². The molecule has 4 rings (SSSR count). The van der Waals surface area contributed by atoms with Crippen molar-refractivity contribution in [2.45, 2.75) is 50.1 Å². The van der Waals surface area contributed by atoms with Crippen molar-refractivity contribution < 1.29 is 8.78 Å². The Kier molecular flexibility index (Phi) is 7.16. The molecule has 2 heterocycles. The van der Waals surface area contributed by atoms with Crippen molar-refractivity contribution in [2.24, 2.45) is 10.2 Å². The average molecular weight is 450 g/mol. The van der Waals surface area contributed by atoms with Crippen molar-refractivity contribution >= 4 is 40.4 Å². The highest BCUT2D eigenvalue weighted by atomic mass is 32.2. The summed E-state index contributed by atoms with van der Waals surface area (Å²) >= 11 is 0. The highest BCUT2D eigenvalue weighted by molar-refractivity contribution is 8.15. The molecule has 0 spiro atoms. The zero-order valence-electron chi connectivity index (χ0n) is 17.8. The van der Waals surface area contributed by atoms with E-state index in [1.807, 2.05) is 42.5 Å². The van der Waals surface area contributed by atoms with Gasteiger partial charge in [0.1, 0.15) is 5.71 Å². The van der Waals surface area contributed by atoms with E-state index in [1.165, 1.54) is 0 Å². The molecule has 2 aromatic carbocycles. The molecule has 0 aromatic heterocycles. The van der Waals surface area contributed by atoms with Crippen molar-refractivity contribution in [2.75, 3.05) is 4.31 Å². The zero-order valence-corrected chi connectivity index (χ0v) is 18.6. The van der Waals surface area contributed by atoms with Crippen LogP contribution in [0.4, 0.5) is 14.5 Å². The summed E-state index contributed by atoms with van der Waals surface area (Å²) in [5.41, 5.74) is 3.48. The lowest BCUT2D eigenvalue weighted by molar-refractivity contribution is 0.224. The monoisotopic (exact) mass is 450 g/mol. The van der Waals surface area contributed by atoms with Crippen LogP contribution in [0.3, 0.4) is 0 Å². The van der Waals surface area contributed by atoms with Crippen LogP contribution in [0, 0.1) is 11.2 Å². The Labute approximate surface area is 190 Å². The molecule has 2 aromatic rings. The Morgan fingerprint density at radius 3 is 2.38 bits per heavy atom. The molecule has 0 bridgehead atoms. The quantitative estimate of drug-likeness (QED) is 0.393. The van der Waals surface area contributed by atoms with E-state index >= 15 is 0 Å². The highest BCUT2D eigenvalue weighted by Crippen LogP contribution is 2.39. The summed E-state index contributed by atoms with van der Waals surface area (Å²) in [4.78, 5) is 0. The lowest BCUT2D eigenvalue weighted by Gasteiger charge is -2.35. The molecular formula is C24H25BF2N4S. The highest BCUT2D eigenvalue weighted by Gasteiger charge is 2.28. The van der Waals surface area contributed by atoms with Crippen LogP contribution in [0.2, 0.25) is 12.6 Å². The average Bonchev–Trinajstić information content (AvgIpc) is 3.34. The first kappa shape index (κ1) is 22.4. The number of halogens is 2. The van der Waals surface area contributed by atoms with E-state index in [4.69, 9.17) is 0 Å². The van der Waals surface area contributed by atoms with E-state index in [-0.39, 0.29) is 29.5 Å². The van der Waals surface area contributed by atoms with E-state index in [9.17, 15) is 14.0 Å². The minimum atomic E-state index is -2.56. The Hall–Kier alpha value is -2.79. The summed E-state index contributed by atoms with van der Waals surface area (Å²) in [6.45, 7) is 0.884. The molecular weight excluding hydrogens is 425 g/mol. The number of hydrogen-bond donors (Lipinski definition) is 0. The first-order valence-corrected chi connectivity index (χ1v) is 12.2. The van der Waals surface area contributed by atoms with Crippen molar-refractivity contribution in [3.8, 4) is 5.97 Å². The molecule has 0 saturated carbocycles. The van der Waals surface area contributed by atoms with Gasteiger partial charge in [-0.25, -0.2) is 14.0 Å². The van der Waals surface area contributed by atoms with Gasteiger partial charge in [-0.2, -0.15) is 10.2 Å². The SMILES string of the molecule is C=S(C1CCB(C#N)CC1)N(Cc1ccc(C2=NN=C(C(F)F)C2)cc1)c1ccccc1. The van der Waals surface area contributed by atoms with E-state index < -0.39 is 6.43 Å². The molecule has 1 fully saturated rings. The lowest BCUT2D eigenvalue weighted by Crippen LogP contribution is -2.28. The molecule has 0 radical (unpaired) electrons. The van der Waals surface area contributed by atoms with Crippen LogP contribution in [-0.2, 0) is 6.54 Å². The number of benzene rings is 2. The maximum atomic E-state index is 12.8. The van der Waals surface area contributed by atoms with Gasteiger partial charge in [-0.3, -0.25) is 0 Å². The Bertz CT molecular complexity index is 1060. The van der Waals surface area contributed by atoms with E-state index in [1.54, 1.807) is 0 Å². The van der Waals surface area contributed by atoms with Gasteiger partial charge < -0.3 is 4.31 Å². The molecule has 32 heavy (non-hydrogen) atoms. The number of rotatable bonds is 7. The van der Waals surface area contributed by atoms with Gasteiger partial charge in [0.25, 0.3) is 13.1 Å². The predicted octanol–water partition coefficient (Wildman–Crippen LogP) is 5.84. The van der Waals surface area contributed by atoms with Gasteiger partial charge in [0, 0.05) is 23.3 Å². The number of nitriles is 1. The third kappa shape index (κ3) is 5.16. The Morgan fingerprint density at radius 1 is 1.09 bits per heavy atom. The van der Waals surface area contributed by atoms with Crippen LogP contribution in [0.15, 0.2) is 64.8 Å². The molecule has 0 aliphatic carbocycles. The standard InChI is InChI=1S/C24H25BF2N4S/c1-32(21-11-13-25(17-28)14-12-21)31(20-5-3-2-4-6-20)16-18-7-9-19(10-8-18)22-15-23(24(26)27)30-29-22/h2-10,21,24H,1,11-16H2. The second-order valence-corrected chi connectivity index (χ2v) is 10.1. The normalized spacial score (nSPS) is 17.6. The van der Waals surface area contributed by atoms with Gasteiger partial charge in [0.15, 0.2) is 0 Å². The van der Waals surface area contributed by atoms with E-state index in [0.29, 0.717) is 17.5 Å². The molecule has 1 saturated heterocycles. The third-order valence-electron chi connectivity index (χ3n) is 6.08. The van der Waals surface area contributed by atoms with Crippen LogP contribution in [0.5, 0.6) is 0 Å². The smallest absolute Gasteiger partial charge is 0.278 e. The molecule has 2 aliphatic heterocycles. The summed E-state index contributed by atoms with van der Waals surface area (Å²) in [5.74, 6) is 6.97. The zero-order chi connectivity index (χ0) is 22.5. The van der Waals surface area contributed by atoms with Crippen molar-refractivity contribution in [3.63, 3.8) is 0 Å². The summed E-state index contributed by atoms with van der Waals surface area (Å²) in [6.07, 6.45) is 1.48. The van der Waals surface area contributed by atoms with E-state index in [0.717, 1.165) is 42.3 Å². The van der Waals surface area contributed by atoms with Gasteiger partial charge in [-0.05, 0) is 36.1 Å². The van der Waals surface area contributed by atoms with Crippen molar-refractivity contribution in [1.29, 1.82) is 5.26 Å². The number of nitrogens with zero attached hydrogens (tertiary/aromatic N) is 4.